The maximum absolute atomic E-state index is 13.2. The van der Waals surface area contributed by atoms with Gasteiger partial charge in [0.05, 0.1) is 0 Å². The smallest absolute Gasteiger partial charge is 0.355 e. The third-order valence-electron chi connectivity index (χ3n) is 3.85. The molecular formula is C18H17F2NO4. The highest BCUT2D eigenvalue weighted by molar-refractivity contribution is 6.03. The molecule has 25 heavy (non-hydrogen) atoms. The standard InChI is InChI=1S/C18H17F2NO4/c1-8-15(10(3)22)9(2)21-16(8)18(24)25-11(4)17(23)12-5-6-13(19)14(20)7-12/h5-7,11,21H,1-4H3. The Hall–Kier alpha value is -2.83. The zero-order valence-corrected chi connectivity index (χ0v) is 14.2. The molecule has 7 heteroatoms. The van der Waals surface area contributed by atoms with Gasteiger partial charge in [0.15, 0.2) is 23.5 Å². The van der Waals surface area contributed by atoms with Gasteiger partial charge >= 0.3 is 5.97 Å². The predicted molar refractivity (Wildman–Crippen MR) is 85.8 cm³/mol. The molecule has 0 spiro atoms. The highest BCUT2D eigenvalue weighted by Gasteiger charge is 2.25. The van der Waals surface area contributed by atoms with E-state index in [4.69, 9.17) is 4.74 Å². The van der Waals surface area contributed by atoms with E-state index >= 15 is 0 Å². The van der Waals surface area contributed by atoms with E-state index in [0.29, 0.717) is 16.8 Å². The van der Waals surface area contributed by atoms with Crippen molar-refractivity contribution in [2.75, 3.05) is 0 Å². The first kappa shape index (κ1) is 18.5. The van der Waals surface area contributed by atoms with E-state index in [0.717, 1.165) is 18.2 Å². The molecule has 0 saturated heterocycles. The molecule has 1 aromatic heterocycles. The lowest BCUT2D eigenvalue weighted by atomic mass is 10.1. The van der Waals surface area contributed by atoms with Gasteiger partial charge in [-0.1, -0.05) is 0 Å². The van der Waals surface area contributed by atoms with E-state index in [1.54, 1.807) is 13.8 Å². The van der Waals surface area contributed by atoms with Crippen LogP contribution in [-0.2, 0) is 4.74 Å². The van der Waals surface area contributed by atoms with Crippen molar-refractivity contribution in [1.29, 1.82) is 0 Å². The number of esters is 1. The molecule has 1 N–H and O–H groups in total. The van der Waals surface area contributed by atoms with Crippen molar-refractivity contribution in [3.05, 3.63) is 57.9 Å². The summed E-state index contributed by atoms with van der Waals surface area (Å²) in [4.78, 5) is 38.9. The first-order chi connectivity index (χ1) is 11.6. The maximum Gasteiger partial charge on any atom is 0.355 e. The van der Waals surface area contributed by atoms with Gasteiger partial charge in [-0.15, -0.1) is 0 Å². The number of H-pyrrole nitrogens is 1. The number of aryl methyl sites for hydroxylation is 1. The lowest BCUT2D eigenvalue weighted by Crippen LogP contribution is -2.25. The molecule has 0 bridgehead atoms. The number of carbonyl (C=O) groups is 3. The zero-order chi connectivity index (χ0) is 18.9. The number of aromatic nitrogens is 1. The van der Waals surface area contributed by atoms with E-state index in [9.17, 15) is 23.2 Å². The first-order valence-electron chi connectivity index (χ1n) is 7.53. The summed E-state index contributed by atoms with van der Waals surface area (Å²) in [5, 5.41) is 0. The number of halogens is 2. The number of nitrogens with one attached hydrogen (secondary N) is 1. The molecule has 0 amide bonds. The molecule has 2 rings (SSSR count). The van der Waals surface area contributed by atoms with Crippen molar-refractivity contribution in [2.24, 2.45) is 0 Å². The largest absolute Gasteiger partial charge is 0.450 e. The lowest BCUT2D eigenvalue weighted by molar-refractivity contribution is 0.0313. The number of hydrogen-bond acceptors (Lipinski definition) is 4. The van der Waals surface area contributed by atoms with Gasteiger partial charge in [-0.25, -0.2) is 13.6 Å². The number of hydrogen-bond donors (Lipinski definition) is 1. The van der Waals surface area contributed by atoms with Crippen LogP contribution in [0.3, 0.4) is 0 Å². The molecule has 1 atom stereocenters. The van der Waals surface area contributed by atoms with Crippen molar-refractivity contribution >= 4 is 17.5 Å². The van der Waals surface area contributed by atoms with Gasteiger partial charge in [0.1, 0.15) is 5.69 Å². The van der Waals surface area contributed by atoms with Crippen LogP contribution in [0.15, 0.2) is 18.2 Å². The predicted octanol–water partition coefficient (Wildman–Crippen LogP) is 3.54. The summed E-state index contributed by atoms with van der Waals surface area (Å²) < 4.78 is 31.3. The average molecular weight is 349 g/mol. The van der Waals surface area contributed by atoms with Crippen LogP contribution in [0.1, 0.15) is 56.3 Å². The van der Waals surface area contributed by atoms with E-state index < -0.39 is 29.5 Å². The van der Waals surface area contributed by atoms with E-state index in [2.05, 4.69) is 4.98 Å². The Morgan fingerprint density at radius 3 is 2.28 bits per heavy atom. The minimum atomic E-state index is -1.21. The fraction of sp³-hybridized carbons (Fsp3) is 0.278. The van der Waals surface area contributed by atoms with Crippen LogP contribution >= 0.6 is 0 Å². The minimum absolute atomic E-state index is 0.0765. The fourth-order valence-electron chi connectivity index (χ4n) is 2.64. The number of ether oxygens (including phenoxy) is 1. The average Bonchev–Trinajstić information content (AvgIpc) is 2.84. The van der Waals surface area contributed by atoms with E-state index in [-0.39, 0.29) is 17.0 Å². The molecule has 5 nitrogen and oxygen atoms in total. The maximum atomic E-state index is 13.2. The summed E-state index contributed by atoms with van der Waals surface area (Å²) in [5.41, 5.74) is 1.32. The highest BCUT2D eigenvalue weighted by atomic mass is 19.2. The molecule has 0 aliphatic rings. The summed E-state index contributed by atoms with van der Waals surface area (Å²) in [5.74, 6) is -3.91. The summed E-state index contributed by atoms with van der Waals surface area (Å²) in [7, 11) is 0. The van der Waals surface area contributed by atoms with Crippen molar-refractivity contribution < 1.29 is 27.9 Å². The second-order valence-corrected chi connectivity index (χ2v) is 5.72. The molecule has 1 aromatic carbocycles. The topological polar surface area (TPSA) is 76.2 Å². The first-order valence-corrected chi connectivity index (χ1v) is 7.53. The van der Waals surface area contributed by atoms with Crippen molar-refractivity contribution in [3.63, 3.8) is 0 Å². The molecule has 0 radical (unpaired) electrons. The lowest BCUT2D eigenvalue weighted by Gasteiger charge is -2.12. The zero-order valence-electron chi connectivity index (χ0n) is 14.2. The Labute approximate surface area is 143 Å². The Bertz CT molecular complexity index is 870. The van der Waals surface area contributed by atoms with Crippen LogP contribution in [0.2, 0.25) is 0 Å². The van der Waals surface area contributed by atoms with Gasteiger partial charge in [0.2, 0.25) is 5.78 Å². The Morgan fingerprint density at radius 2 is 1.76 bits per heavy atom. The SMILES string of the molecule is CC(=O)c1c(C)[nH]c(C(=O)OC(C)C(=O)c2ccc(F)c(F)c2)c1C. The van der Waals surface area contributed by atoms with Crippen LogP contribution in [0, 0.1) is 25.5 Å². The van der Waals surface area contributed by atoms with Crippen molar-refractivity contribution in [1.82, 2.24) is 4.98 Å². The molecule has 1 unspecified atom stereocenters. The molecule has 0 fully saturated rings. The molecule has 1 heterocycles. The second-order valence-electron chi connectivity index (χ2n) is 5.72. The van der Waals surface area contributed by atoms with Gasteiger partial charge in [0.25, 0.3) is 0 Å². The molecular weight excluding hydrogens is 332 g/mol. The van der Waals surface area contributed by atoms with Crippen LogP contribution < -0.4 is 0 Å². The molecule has 2 aromatic rings. The molecule has 0 aliphatic carbocycles. The number of carbonyl (C=O) groups excluding carboxylic acids is 3. The second kappa shape index (κ2) is 6.96. The molecule has 132 valence electrons. The van der Waals surface area contributed by atoms with Crippen LogP contribution in [-0.4, -0.2) is 28.6 Å². The van der Waals surface area contributed by atoms with E-state index in [1.165, 1.54) is 13.8 Å². The fourth-order valence-corrected chi connectivity index (χ4v) is 2.64. The van der Waals surface area contributed by atoms with Gasteiger partial charge in [-0.3, -0.25) is 9.59 Å². The van der Waals surface area contributed by atoms with Gasteiger partial charge < -0.3 is 9.72 Å². The van der Waals surface area contributed by atoms with Crippen molar-refractivity contribution in [2.45, 2.75) is 33.8 Å². The summed E-state index contributed by atoms with van der Waals surface area (Å²) in [6.07, 6.45) is -1.21. The highest BCUT2D eigenvalue weighted by Crippen LogP contribution is 2.20. The Kier molecular flexibility index (Phi) is 5.15. The molecule has 0 aliphatic heterocycles. The number of Topliss-reactive ketones (excluding diaryl/α,β-unsaturated/α-hetero) is 2. The number of ketones is 2. The summed E-state index contributed by atoms with van der Waals surface area (Å²) in [6, 6.07) is 2.69. The van der Waals surface area contributed by atoms with Crippen LogP contribution in [0.4, 0.5) is 8.78 Å². The van der Waals surface area contributed by atoms with Gasteiger partial charge in [-0.05, 0) is 51.5 Å². The molecule has 0 saturated carbocycles. The summed E-state index contributed by atoms with van der Waals surface area (Å²) in [6.45, 7) is 5.96. The third kappa shape index (κ3) is 3.65. The number of rotatable bonds is 5. The number of benzene rings is 1. The van der Waals surface area contributed by atoms with Crippen LogP contribution in [0.25, 0.3) is 0 Å². The van der Waals surface area contributed by atoms with Gasteiger partial charge in [-0.2, -0.15) is 0 Å². The summed E-state index contributed by atoms with van der Waals surface area (Å²) >= 11 is 0. The Balaban J connectivity index is 2.20. The minimum Gasteiger partial charge on any atom is -0.450 e. The number of aromatic amines is 1. The Morgan fingerprint density at radius 1 is 1.12 bits per heavy atom. The van der Waals surface area contributed by atoms with Crippen molar-refractivity contribution in [3.8, 4) is 0 Å². The monoisotopic (exact) mass is 349 g/mol. The van der Waals surface area contributed by atoms with Crippen LogP contribution in [0.5, 0.6) is 0 Å². The third-order valence-corrected chi connectivity index (χ3v) is 3.85. The normalized spacial score (nSPS) is 11.9. The van der Waals surface area contributed by atoms with Gasteiger partial charge in [0, 0.05) is 16.8 Å². The van der Waals surface area contributed by atoms with E-state index in [1.807, 2.05) is 0 Å². The quantitative estimate of drug-likeness (QED) is 0.662.